The summed E-state index contributed by atoms with van der Waals surface area (Å²) in [6.07, 6.45) is -4.01. The van der Waals surface area contributed by atoms with Crippen molar-refractivity contribution in [1.82, 2.24) is 9.80 Å². The van der Waals surface area contributed by atoms with E-state index in [1.165, 1.54) is 7.05 Å². The molecule has 118 valence electrons. The lowest BCUT2D eigenvalue weighted by Gasteiger charge is -2.32. The van der Waals surface area contributed by atoms with E-state index < -0.39 is 31.3 Å². The van der Waals surface area contributed by atoms with Gasteiger partial charge in [0.25, 0.3) is 0 Å². The highest BCUT2D eigenvalue weighted by Gasteiger charge is 2.35. The molecule has 0 fully saturated rings. The molecule has 0 aromatic rings. The van der Waals surface area contributed by atoms with E-state index in [-0.39, 0.29) is 12.0 Å². The summed E-state index contributed by atoms with van der Waals surface area (Å²) in [5.74, 6) is -1.21. The van der Waals surface area contributed by atoms with Gasteiger partial charge in [-0.2, -0.15) is 13.2 Å². The van der Waals surface area contributed by atoms with Gasteiger partial charge in [0, 0.05) is 13.1 Å². The van der Waals surface area contributed by atoms with Gasteiger partial charge in [-0.15, -0.1) is 0 Å². The van der Waals surface area contributed by atoms with Crippen LogP contribution in [0.4, 0.5) is 18.0 Å². The van der Waals surface area contributed by atoms with Gasteiger partial charge in [-0.25, -0.2) is 4.79 Å². The average Bonchev–Trinajstić information content (AvgIpc) is 2.22. The summed E-state index contributed by atoms with van der Waals surface area (Å²) in [6, 6.07) is -1.20. The lowest BCUT2D eigenvalue weighted by molar-refractivity contribution is -0.149. The van der Waals surface area contributed by atoms with Crippen molar-refractivity contribution >= 4 is 12.0 Å². The number of hydrogen-bond donors (Lipinski definition) is 1. The first-order valence-electron chi connectivity index (χ1n) is 6.24. The third-order valence-electron chi connectivity index (χ3n) is 2.74. The monoisotopic (exact) mass is 298 g/mol. The van der Waals surface area contributed by atoms with Crippen molar-refractivity contribution in [3.05, 3.63) is 0 Å². The molecule has 0 aromatic heterocycles. The molecule has 1 atom stereocenters. The second-order valence-corrected chi connectivity index (χ2v) is 5.24. The summed E-state index contributed by atoms with van der Waals surface area (Å²) >= 11 is 0. The molecule has 0 aliphatic carbocycles. The first kappa shape index (κ1) is 18.5. The molecule has 0 aliphatic heterocycles. The first-order chi connectivity index (χ1) is 8.94. The van der Waals surface area contributed by atoms with Crippen LogP contribution in [0.15, 0.2) is 0 Å². The van der Waals surface area contributed by atoms with Gasteiger partial charge in [-0.3, -0.25) is 4.79 Å². The SMILES string of the molecule is CC(C)CC(C)N(C)C(=O)N(CC(=O)O)CC(F)(F)F. The topological polar surface area (TPSA) is 60.9 Å². The van der Waals surface area contributed by atoms with Crippen molar-refractivity contribution in [3.63, 3.8) is 0 Å². The van der Waals surface area contributed by atoms with E-state index in [0.29, 0.717) is 11.3 Å². The fourth-order valence-electron chi connectivity index (χ4n) is 1.82. The van der Waals surface area contributed by atoms with Crippen molar-refractivity contribution in [1.29, 1.82) is 0 Å². The number of aliphatic carboxylic acids is 1. The number of carbonyl (C=O) groups excluding carboxylic acids is 1. The third kappa shape index (κ3) is 7.20. The Balaban J connectivity index is 4.88. The van der Waals surface area contributed by atoms with Crippen molar-refractivity contribution < 1.29 is 27.9 Å². The average molecular weight is 298 g/mol. The van der Waals surface area contributed by atoms with Crippen molar-refractivity contribution in [2.75, 3.05) is 20.1 Å². The number of amides is 2. The normalized spacial score (nSPS) is 13.2. The second-order valence-electron chi connectivity index (χ2n) is 5.24. The van der Waals surface area contributed by atoms with Crippen LogP contribution >= 0.6 is 0 Å². The molecule has 8 heteroatoms. The fraction of sp³-hybridized carbons (Fsp3) is 0.833. The number of carboxylic acids is 1. The summed E-state index contributed by atoms with van der Waals surface area (Å²) in [7, 11) is 1.38. The van der Waals surface area contributed by atoms with E-state index in [0.717, 1.165) is 4.90 Å². The summed E-state index contributed by atoms with van der Waals surface area (Å²) in [6.45, 7) is 3.03. The molecule has 20 heavy (non-hydrogen) atoms. The predicted octanol–water partition coefficient (Wildman–Crippen LogP) is 2.42. The van der Waals surface area contributed by atoms with Gasteiger partial charge >= 0.3 is 18.2 Å². The Labute approximate surface area is 116 Å². The molecule has 0 bridgehead atoms. The first-order valence-corrected chi connectivity index (χ1v) is 6.24. The smallest absolute Gasteiger partial charge is 0.406 e. The quantitative estimate of drug-likeness (QED) is 0.819. The molecule has 0 saturated carbocycles. The number of alkyl halides is 3. The maximum atomic E-state index is 12.4. The van der Waals surface area contributed by atoms with Crippen LogP contribution in [0, 0.1) is 5.92 Å². The minimum atomic E-state index is -4.63. The summed E-state index contributed by atoms with van der Waals surface area (Å²) in [4.78, 5) is 24.0. The van der Waals surface area contributed by atoms with Gasteiger partial charge in [0.1, 0.15) is 13.1 Å². The molecule has 0 spiro atoms. The standard InChI is InChI=1S/C12H21F3N2O3/c1-8(2)5-9(3)16(4)11(20)17(6-10(18)19)7-12(13,14)15/h8-9H,5-7H2,1-4H3,(H,18,19). The molecule has 0 radical (unpaired) electrons. The van der Waals surface area contributed by atoms with E-state index in [1.807, 2.05) is 13.8 Å². The van der Waals surface area contributed by atoms with Crippen molar-refractivity contribution in [2.24, 2.45) is 5.92 Å². The van der Waals surface area contributed by atoms with Crippen LogP contribution in [0.5, 0.6) is 0 Å². The zero-order valence-corrected chi connectivity index (χ0v) is 12.1. The Morgan fingerprint density at radius 1 is 1.20 bits per heavy atom. The van der Waals surface area contributed by atoms with Crippen LogP contribution in [0.1, 0.15) is 27.2 Å². The Bertz CT molecular complexity index is 345. The van der Waals surface area contributed by atoms with Crippen molar-refractivity contribution in [2.45, 2.75) is 39.4 Å². The summed E-state index contributed by atoms with van der Waals surface area (Å²) in [5, 5.41) is 8.62. The zero-order valence-electron chi connectivity index (χ0n) is 12.1. The molecular weight excluding hydrogens is 277 g/mol. The third-order valence-corrected chi connectivity index (χ3v) is 2.74. The maximum absolute atomic E-state index is 12.4. The molecule has 1 N–H and O–H groups in total. The Hall–Kier alpha value is -1.47. The number of carboxylic acid groups (broad SMARTS) is 1. The fourth-order valence-corrected chi connectivity index (χ4v) is 1.82. The highest BCUT2D eigenvalue weighted by molar-refractivity contribution is 5.80. The Morgan fingerprint density at radius 2 is 1.70 bits per heavy atom. The lowest BCUT2D eigenvalue weighted by atomic mass is 10.0. The molecule has 0 saturated heterocycles. The molecule has 0 rings (SSSR count). The maximum Gasteiger partial charge on any atom is 0.406 e. The van der Waals surface area contributed by atoms with Crippen LogP contribution in [0.2, 0.25) is 0 Å². The molecule has 0 aromatic carbocycles. The van der Waals surface area contributed by atoms with Crippen LogP contribution in [0.25, 0.3) is 0 Å². The predicted molar refractivity (Wildman–Crippen MR) is 67.3 cm³/mol. The lowest BCUT2D eigenvalue weighted by Crippen LogP contribution is -2.50. The highest BCUT2D eigenvalue weighted by atomic mass is 19.4. The molecule has 1 unspecified atom stereocenters. The number of halogens is 3. The van der Waals surface area contributed by atoms with Crippen LogP contribution in [0.3, 0.4) is 0 Å². The van der Waals surface area contributed by atoms with E-state index in [4.69, 9.17) is 5.11 Å². The van der Waals surface area contributed by atoms with Crippen LogP contribution in [-0.4, -0.2) is 59.3 Å². The number of hydrogen-bond acceptors (Lipinski definition) is 2. The minimum Gasteiger partial charge on any atom is -0.480 e. The minimum absolute atomic E-state index is 0.271. The molecule has 2 amide bonds. The molecule has 5 nitrogen and oxygen atoms in total. The second kappa shape index (κ2) is 7.35. The van der Waals surface area contributed by atoms with E-state index in [9.17, 15) is 22.8 Å². The molecule has 0 aliphatic rings. The zero-order chi connectivity index (χ0) is 16.1. The number of carbonyl (C=O) groups is 2. The van der Waals surface area contributed by atoms with Crippen molar-refractivity contribution in [3.8, 4) is 0 Å². The van der Waals surface area contributed by atoms with Gasteiger partial charge < -0.3 is 14.9 Å². The Kier molecular flexibility index (Phi) is 6.81. The van der Waals surface area contributed by atoms with Crippen LogP contribution in [-0.2, 0) is 4.79 Å². The summed E-state index contributed by atoms with van der Waals surface area (Å²) < 4.78 is 37.2. The molecule has 0 heterocycles. The Morgan fingerprint density at radius 3 is 2.05 bits per heavy atom. The van der Waals surface area contributed by atoms with Gasteiger partial charge in [0.2, 0.25) is 0 Å². The van der Waals surface area contributed by atoms with Gasteiger partial charge in [0.05, 0.1) is 0 Å². The molecular formula is C12H21F3N2O3. The number of urea groups is 1. The van der Waals surface area contributed by atoms with Gasteiger partial charge in [-0.1, -0.05) is 13.8 Å². The van der Waals surface area contributed by atoms with E-state index in [2.05, 4.69) is 0 Å². The van der Waals surface area contributed by atoms with Gasteiger partial charge in [-0.05, 0) is 19.3 Å². The van der Waals surface area contributed by atoms with Gasteiger partial charge in [0.15, 0.2) is 0 Å². The summed E-state index contributed by atoms with van der Waals surface area (Å²) in [5.41, 5.74) is 0. The van der Waals surface area contributed by atoms with E-state index in [1.54, 1.807) is 6.92 Å². The largest absolute Gasteiger partial charge is 0.480 e. The van der Waals surface area contributed by atoms with Crippen LogP contribution < -0.4 is 0 Å². The number of rotatable bonds is 6. The highest BCUT2D eigenvalue weighted by Crippen LogP contribution is 2.18. The van der Waals surface area contributed by atoms with E-state index >= 15 is 0 Å². The number of nitrogens with zero attached hydrogens (tertiary/aromatic N) is 2.